The smallest absolute Gasteiger partial charge is 0.378 e. The zero-order chi connectivity index (χ0) is 14.6. The lowest BCUT2D eigenvalue weighted by Gasteiger charge is -2.32. The molecule has 7 heteroatoms. The predicted molar refractivity (Wildman–Crippen MR) is 64.6 cm³/mol. The van der Waals surface area contributed by atoms with Gasteiger partial charge in [0.1, 0.15) is 5.70 Å². The minimum atomic E-state index is -4.50. The molecule has 0 aromatic heterocycles. The maximum Gasteiger partial charge on any atom is 0.431 e. The van der Waals surface area contributed by atoms with Gasteiger partial charge < -0.3 is 20.9 Å². The number of nitrogens with one attached hydrogen (secondary N) is 2. The van der Waals surface area contributed by atoms with Crippen LogP contribution in [0.3, 0.4) is 0 Å². The van der Waals surface area contributed by atoms with Crippen LogP contribution >= 0.6 is 0 Å². The number of halogens is 3. The van der Waals surface area contributed by atoms with Crippen LogP contribution in [0.1, 0.15) is 32.6 Å². The Bertz CT molecular complexity index is 345. The molecule has 1 fully saturated rings. The highest BCUT2D eigenvalue weighted by molar-refractivity contribution is 5.76. The monoisotopic (exact) mass is 280 g/mol. The van der Waals surface area contributed by atoms with Gasteiger partial charge in [0, 0.05) is 18.2 Å². The molecule has 1 aliphatic carbocycles. The molecule has 19 heavy (non-hydrogen) atoms. The maximum atomic E-state index is 12.8. The highest BCUT2D eigenvalue weighted by Gasteiger charge is 2.37. The average molecular weight is 280 g/mol. The zero-order valence-electron chi connectivity index (χ0n) is 10.7. The molecule has 0 atom stereocenters. The van der Waals surface area contributed by atoms with Crippen molar-refractivity contribution in [3.05, 3.63) is 11.3 Å². The third-order valence-corrected chi connectivity index (χ3v) is 3.44. The van der Waals surface area contributed by atoms with Gasteiger partial charge in [0.05, 0.1) is 0 Å². The number of allylic oxidation sites excluding steroid dienone is 2. The van der Waals surface area contributed by atoms with Crippen molar-refractivity contribution in [3.63, 3.8) is 0 Å². The summed E-state index contributed by atoms with van der Waals surface area (Å²) in [6.07, 6.45) is -3.37. The quantitative estimate of drug-likeness (QED) is 0.469. The molecule has 110 valence electrons. The molecule has 0 spiro atoms. The Morgan fingerprint density at radius 1 is 1.26 bits per heavy atom. The van der Waals surface area contributed by atoms with Crippen LogP contribution in [-0.2, 0) is 0 Å². The van der Waals surface area contributed by atoms with Crippen LogP contribution in [0.15, 0.2) is 11.3 Å². The highest BCUT2D eigenvalue weighted by atomic mass is 19.4. The fourth-order valence-electron chi connectivity index (χ4n) is 2.26. The Labute approximate surface area is 109 Å². The number of hydrogen-bond acceptors (Lipinski definition) is 4. The summed E-state index contributed by atoms with van der Waals surface area (Å²) < 4.78 is 38.4. The Balaban J connectivity index is 2.66. The van der Waals surface area contributed by atoms with Gasteiger partial charge in [-0.2, -0.15) is 13.2 Å². The number of rotatable bonds is 4. The summed E-state index contributed by atoms with van der Waals surface area (Å²) in [5.74, 6) is -0.264. The van der Waals surface area contributed by atoms with Crippen LogP contribution in [0.25, 0.3) is 0 Å². The molecule has 0 heterocycles. The second kappa shape index (κ2) is 6.38. The van der Waals surface area contributed by atoms with Gasteiger partial charge in [0.2, 0.25) is 0 Å². The summed E-state index contributed by atoms with van der Waals surface area (Å²) in [6.45, 7) is 1.24. The van der Waals surface area contributed by atoms with E-state index in [9.17, 15) is 13.2 Å². The molecular formula is C12H19F3N2O2. The van der Waals surface area contributed by atoms with E-state index in [1.54, 1.807) is 0 Å². The van der Waals surface area contributed by atoms with E-state index in [0.29, 0.717) is 31.9 Å². The topological polar surface area (TPSA) is 76.3 Å². The van der Waals surface area contributed by atoms with Gasteiger partial charge >= 0.3 is 6.18 Å². The molecule has 1 aliphatic rings. The largest absolute Gasteiger partial charge is 0.431 e. The van der Waals surface area contributed by atoms with E-state index in [1.807, 2.05) is 0 Å². The molecule has 4 nitrogen and oxygen atoms in total. The van der Waals surface area contributed by atoms with Crippen molar-refractivity contribution < 1.29 is 23.4 Å². The van der Waals surface area contributed by atoms with Gasteiger partial charge in [0.25, 0.3) is 0 Å². The van der Waals surface area contributed by atoms with Crippen LogP contribution in [0.2, 0.25) is 0 Å². The van der Waals surface area contributed by atoms with Gasteiger partial charge in [-0.05, 0) is 38.2 Å². The maximum absolute atomic E-state index is 12.8. The van der Waals surface area contributed by atoms with E-state index in [0.717, 1.165) is 0 Å². The van der Waals surface area contributed by atoms with Crippen molar-refractivity contribution in [1.82, 2.24) is 5.32 Å². The molecule has 1 saturated carbocycles. The van der Waals surface area contributed by atoms with Gasteiger partial charge in [-0.25, -0.2) is 0 Å². The zero-order valence-corrected chi connectivity index (χ0v) is 10.7. The second-order valence-corrected chi connectivity index (χ2v) is 4.87. The van der Waals surface area contributed by atoms with E-state index in [4.69, 9.17) is 15.6 Å². The third kappa shape index (κ3) is 4.50. The van der Waals surface area contributed by atoms with Crippen molar-refractivity contribution in [2.24, 2.45) is 5.92 Å². The Kier molecular flexibility index (Phi) is 5.37. The van der Waals surface area contributed by atoms with Gasteiger partial charge in [0.15, 0.2) is 6.29 Å². The van der Waals surface area contributed by atoms with Crippen molar-refractivity contribution in [2.75, 3.05) is 0 Å². The van der Waals surface area contributed by atoms with Crippen molar-refractivity contribution in [1.29, 1.82) is 5.41 Å². The summed E-state index contributed by atoms with van der Waals surface area (Å²) in [4.78, 5) is 0. The molecule has 0 aromatic rings. The molecule has 0 unspecified atom stereocenters. The van der Waals surface area contributed by atoms with E-state index < -0.39 is 18.2 Å². The van der Waals surface area contributed by atoms with Crippen LogP contribution < -0.4 is 5.32 Å². The van der Waals surface area contributed by atoms with Crippen molar-refractivity contribution in [2.45, 2.75) is 51.1 Å². The lowest BCUT2D eigenvalue weighted by molar-refractivity contribution is -0.103. The molecular weight excluding hydrogens is 261 g/mol. The van der Waals surface area contributed by atoms with E-state index in [2.05, 4.69) is 5.32 Å². The predicted octanol–water partition coefficient (Wildman–Crippen LogP) is 1.93. The SMILES string of the molecule is C/C(C=N)=C(/NC1CCC(C(O)O)CC1)C(F)(F)F. The molecule has 0 aliphatic heterocycles. The minimum absolute atomic E-state index is 0.156. The lowest BCUT2D eigenvalue weighted by atomic mass is 9.85. The molecule has 4 N–H and O–H groups in total. The van der Waals surface area contributed by atoms with E-state index in [-0.39, 0.29) is 17.5 Å². The Morgan fingerprint density at radius 3 is 2.16 bits per heavy atom. The highest BCUT2D eigenvalue weighted by Crippen LogP contribution is 2.30. The Morgan fingerprint density at radius 2 is 1.79 bits per heavy atom. The Hall–Kier alpha value is -1.08. The molecule has 1 rings (SSSR count). The fourth-order valence-corrected chi connectivity index (χ4v) is 2.26. The van der Waals surface area contributed by atoms with E-state index >= 15 is 0 Å². The molecule has 0 aromatic carbocycles. The molecule has 0 amide bonds. The lowest BCUT2D eigenvalue weighted by Crippen LogP contribution is -2.39. The second-order valence-electron chi connectivity index (χ2n) is 4.87. The molecule has 0 saturated heterocycles. The fraction of sp³-hybridized carbons (Fsp3) is 0.750. The number of alkyl halides is 3. The number of hydrogen-bond donors (Lipinski definition) is 4. The summed E-state index contributed by atoms with van der Waals surface area (Å²) in [7, 11) is 0. The van der Waals surface area contributed by atoms with Crippen molar-refractivity contribution >= 4 is 6.21 Å². The number of aliphatic hydroxyl groups excluding tert-OH is 1. The average Bonchev–Trinajstić information content (AvgIpc) is 2.34. The van der Waals surface area contributed by atoms with Crippen LogP contribution in [0, 0.1) is 11.3 Å². The first kappa shape index (κ1) is 16.0. The normalized spacial score (nSPS) is 26.1. The van der Waals surface area contributed by atoms with Crippen molar-refractivity contribution in [3.8, 4) is 0 Å². The van der Waals surface area contributed by atoms with Crippen LogP contribution in [0.5, 0.6) is 0 Å². The molecule has 0 bridgehead atoms. The summed E-state index contributed by atoms with van der Waals surface area (Å²) in [5.41, 5.74) is -1.03. The standard InChI is InChI=1S/C12H19F3N2O2/c1-7(6-16)10(12(13,14)15)17-9-4-2-8(3-5-9)11(18)19/h6,8-9,11,16-19H,2-5H2,1H3/b10-7-,16-6?. The summed E-state index contributed by atoms with van der Waals surface area (Å²) in [5, 5.41) is 27.4. The first-order chi connectivity index (χ1) is 8.75. The molecule has 0 radical (unpaired) electrons. The number of aliphatic hydroxyl groups is 2. The summed E-state index contributed by atoms with van der Waals surface area (Å²) in [6, 6.07) is -0.346. The van der Waals surface area contributed by atoms with Crippen LogP contribution in [-0.4, -0.2) is 34.9 Å². The van der Waals surface area contributed by atoms with Gasteiger partial charge in [-0.3, -0.25) is 0 Å². The van der Waals surface area contributed by atoms with Gasteiger partial charge in [-0.1, -0.05) is 0 Å². The van der Waals surface area contributed by atoms with Gasteiger partial charge in [-0.15, -0.1) is 0 Å². The first-order valence-electron chi connectivity index (χ1n) is 6.17. The van der Waals surface area contributed by atoms with E-state index in [1.165, 1.54) is 6.92 Å². The summed E-state index contributed by atoms with van der Waals surface area (Å²) >= 11 is 0. The third-order valence-electron chi connectivity index (χ3n) is 3.44. The van der Waals surface area contributed by atoms with Crippen LogP contribution in [0.4, 0.5) is 13.2 Å². The minimum Gasteiger partial charge on any atom is -0.378 e. The first-order valence-corrected chi connectivity index (χ1v) is 6.17.